The maximum atomic E-state index is 13.9. The number of β-amino-alcohol motifs (C(OH)–C–C–N with tert-alkyl or cyclic N) is 1. The summed E-state index contributed by atoms with van der Waals surface area (Å²) in [6.07, 6.45) is -0.372. The normalized spacial score (nSPS) is 20.3. The van der Waals surface area contributed by atoms with E-state index < -0.39 is 18.2 Å². The number of amidine groups is 1. The Labute approximate surface area is 226 Å². The number of amides is 2. The Balaban J connectivity index is 1.32. The average molecular weight is 532 g/mol. The van der Waals surface area contributed by atoms with Crippen LogP contribution in [0.25, 0.3) is 10.4 Å². The summed E-state index contributed by atoms with van der Waals surface area (Å²) in [7, 11) is 0. The van der Waals surface area contributed by atoms with Crippen LogP contribution in [0, 0.1) is 12.8 Å². The fourth-order valence-electron chi connectivity index (χ4n) is 5.42. The van der Waals surface area contributed by atoms with Gasteiger partial charge in [-0.15, -0.1) is 11.3 Å². The van der Waals surface area contributed by atoms with Crippen LogP contribution in [0.4, 0.5) is 0 Å². The van der Waals surface area contributed by atoms with E-state index in [9.17, 15) is 14.7 Å². The minimum absolute atomic E-state index is 0.113. The number of carbonyl (C=O) groups excluding carboxylic acids is 2. The van der Waals surface area contributed by atoms with Crippen LogP contribution in [0.15, 0.2) is 59.0 Å². The SMILES string of the molecule is Cc1ncsc1-c1ccc(CN=C(N)[C@@H]2C[C@@H](O)CN2C(=O)C(C(C)C)N2Cc3ccccc3C2=O)cc1. The molecule has 0 saturated carbocycles. The molecular weight excluding hydrogens is 498 g/mol. The van der Waals surface area contributed by atoms with E-state index in [1.54, 1.807) is 27.2 Å². The lowest BCUT2D eigenvalue weighted by Crippen LogP contribution is -2.55. The van der Waals surface area contributed by atoms with Gasteiger partial charge in [-0.1, -0.05) is 56.3 Å². The first-order chi connectivity index (χ1) is 18.2. The van der Waals surface area contributed by atoms with Gasteiger partial charge in [0.1, 0.15) is 11.9 Å². The molecule has 0 bridgehead atoms. The van der Waals surface area contributed by atoms with Crippen molar-refractivity contribution in [2.75, 3.05) is 6.54 Å². The van der Waals surface area contributed by atoms with Crippen molar-refractivity contribution < 1.29 is 14.7 Å². The fraction of sp³-hybridized carbons (Fsp3) is 0.379. The Morgan fingerprint density at radius 2 is 1.95 bits per heavy atom. The Hall–Kier alpha value is -3.56. The highest BCUT2D eigenvalue weighted by Gasteiger charge is 2.44. The Morgan fingerprint density at radius 1 is 1.21 bits per heavy atom. The molecule has 2 amide bonds. The van der Waals surface area contributed by atoms with Crippen LogP contribution in [-0.2, 0) is 17.9 Å². The van der Waals surface area contributed by atoms with E-state index in [4.69, 9.17) is 5.73 Å². The highest BCUT2D eigenvalue weighted by atomic mass is 32.1. The first-order valence-electron chi connectivity index (χ1n) is 12.9. The number of thiazole rings is 1. The van der Waals surface area contributed by atoms with Crippen LogP contribution in [-0.4, -0.2) is 62.3 Å². The molecule has 2 aromatic carbocycles. The highest BCUT2D eigenvalue weighted by molar-refractivity contribution is 7.13. The van der Waals surface area contributed by atoms with Crippen molar-refractivity contribution >= 4 is 29.0 Å². The fourth-order valence-corrected chi connectivity index (χ4v) is 6.23. The maximum absolute atomic E-state index is 13.9. The largest absolute Gasteiger partial charge is 0.391 e. The summed E-state index contributed by atoms with van der Waals surface area (Å²) >= 11 is 1.61. The third kappa shape index (κ3) is 4.96. The zero-order valence-electron chi connectivity index (χ0n) is 21.9. The number of nitrogens with zero attached hydrogens (tertiary/aromatic N) is 4. The number of hydrogen-bond acceptors (Lipinski definition) is 6. The second kappa shape index (κ2) is 10.7. The molecule has 1 fully saturated rings. The van der Waals surface area contributed by atoms with E-state index in [1.165, 1.54) is 0 Å². The highest BCUT2D eigenvalue weighted by Crippen LogP contribution is 2.30. The van der Waals surface area contributed by atoms with Crippen LogP contribution in [0.1, 0.15) is 47.4 Å². The molecule has 8 nitrogen and oxygen atoms in total. The molecule has 1 unspecified atom stereocenters. The van der Waals surface area contributed by atoms with Crippen molar-refractivity contribution in [2.24, 2.45) is 16.6 Å². The van der Waals surface area contributed by atoms with Crippen molar-refractivity contribution in [3.8, 4) is 10.4 Å². The van der Waals surface area contributed by atoms with Crippen LogP contribution in [0.3, 0.4) is 0 Å². The number of aromatic nitrogens is 1. The minimum Gasteiger partial charge on any atom is -0.391 e. The summed E-state index contributed by atoms with van der Waals surface area (Å²) in [5.41, 5.74) is 12.9. The van der Waals surface area contributed by atoms with Crippen molar-refractivity contribution in [1.82, 2.24) is 14.8 Å². The first kappa shape index (κ1) is 26.1. The van der Waals surface area contributed by atoms with Gasteiger partial charge in [0.15, 0.2) is 0 Å². The van der Waals surface area contributed by atoms with Gasteiger partial charge < -0.3 is 20.6 Å². The topological polar surface area (TPSA) is 112 Å². The number of nitrogens with two attached hydrogens (primary N) is 1. The van der Waals surface area contributed by atoms with Crippen LogP contribution >= 0.6 is 11.3 Å². The molecule has 3 N–H and O–H groups in total. The molecule has 1 saturated heterocycles. The van der Waals surface area contributed by atoms with Gasteiger partial charge in [-0.2, -0.15) is 0 Å². The number of aliphatic imine (C=N–C) groups is 1. The van der Waals surface area contributed by atoms with Crippen LogP contribution in [0.2, 0.25) is 0 Å². The molecule has 2 aliphatic heterocycles. The lowest BCUT2D eigenvalue weighted by Gasteiger charge is -2.35. The van der Waals surface area contributed by atoms with Crippen molar-refractivity contribution in [1.29, 1.82) is 0 Å². The second-order valence-electron chi connectivity index (χ2n) is 10.4. The molecule has 1 aromatic heterocycles. The van der Waals surface area contributed by atoms with E-state index in [0.717, 1.165) is 27.3 Å². The van der Waals surface area contributed by atoms with Crippen LogP contribution in [0.5, 0.6) is 0 Å². The Morgan fingerprint density at radius 3 is 2.61 bits per heavy atom. The second-order valence-corrected chi connectivity index (χ2v) is 11.2. The smallest absolute Gasteiger partial charge is 0.255 e. The summed E-state index contributed by atoms with van der Waals surface area (Å²) in [5, 5.41) is 10.5. The van der Waals surface area contributed by atoms with Crippen LogP contribution < -0.4 is 5.73 Å². The molecule has 0 spiro atoms. The van der Waals surface area contributed by atoms with E-state index >= 15 is 0 Å². The number of rotatable bonds is 7. The summed E-state index contributed by atoms with van der Waals surface area (Å²) in [6.45, 7) is 6.81. The third-order valence-corrected chi connectivity index (χ3v) is 8.36. The van der Waals surface area contributed by atoms with Gasteiger partial charge in [-0.25, -0.2) is 4.98 Å². The summed E-state index contributed by atoms with van der Waals surface area (Å²) < 4.78 is 0. The van der Waals surface area contributed by atoms with E-state index in [1.807, 2.05) is 56.6 Å². The zero-order valence-corrected chi connectivity index (χ0v) is 22.7. The molecule has 3 aromatic rings. The van der Waals surface area contributed by atoms with Gasteiger partial charge in [0.2, 0.25) is 5.91 Å². The number of likely N-dealkylation sites (tertiary alicyclic amines) is 1. The molecule has 0 aliphatic carbocycles. The predicted molar refractivity (Wildman–Crippen MR) is 149 cm³/mol. The lowest BCUT2D eigenvalue weighted by molar-refractivity contribution is -0.138. The van der Waals surface area contributed by atoms with Gasteiger partial charge in [-0.05, 0) is 35.6 Å². The molecule has 5 rings (SSSR count). The van der Waals surface area contributed by atoms with Crippen molar-refractivity contribution in [3.05, 3.63) is 76.4 Å². The number of aliphatic hydroxyl groups excluding tert-OH is 1. The van der Waals surface area contributed by atoms with E-state index in [-0.39, 0.29) is 24.3 Å². The lowest BCUT2D eigenvalue weighted by atomic mass is 10.0. The standard InChI is InChI=1S/C29H33N5O3S/c1-17(2)25(34-14-21-6-4-5-7-23(21)28(34)36)29(37)33-15-22(35)12-24(33)27(30)31-13-19-8-10-20(11-9-19)26-18(3)32-16-38-26/h4-11,16-17,22,24-25,35H,12-15H2,1-3H3,(H2,30,31)/t22-,24+,25?/m1/s1. The average Bonchev–Trinajstić information content (AvgIpc) is 3.60. The van der Waals surface area contributed by atoms with E-state index in [0.29, 0.717) is 30.9 Å². The maximum Gasteiger partial charge on any atom is 0.255 e. The number of hydrogen-bond donors (Lipinski definition) is 2. The van der Waals surface area contributed by atoms with Gasteiger partial charge >= 0.3 is 0 Å². The monoisotopic (exact) mass is 531 g/mol. The zero-order chi connectivity index (χ0) is 27.0. The number of aliphatic hydroxyl groups is 1. The molecule has 3 heterocycles. The molecule has 3 atom stereocenters. The first-order valence-corrected chi connectivity index (χ1v) is 13.8. The Kier molecular flexibility index (Phi) is 7.32. The molecular formula is C29H33N5O3S. The molecule has 9 heteroatoms. The molecule has 38 heavy (non-hydrogen) atoms. The summed E-state index contributed by atoms with van der Waals surface area (Å²) in [6, 6.07) is 14.4. The summed E-state index contributed by atoms with van der Waals surface area (Å²) in [4.78, 5) is 40.4. The molecule has 2 aliphatic rings. The summed E-state index contributed by atoms with van der Waals surface area (Å²) in [5.74, 6) is -0.137. The third-order valence-electron chi connectivity index (χ3n) is 7.38. The molecule has 0 radical (unpaired) electrons. The minimum atomic E-state index is -0.695. The Bertz CT molecular complexity index is 1370. The van der Waals surface area contributed by atoms with Crippen molar-refractivity contribution in [2.45, 2.75) is 58.5 Å². The number of aryl methyl sites for hydroxylation is 1. The quantitative estimate of drug-likeness (QED) is 0.357. The van der Waals surface area contributed by atoms with Gasteiger partial charge in [-0.3, -0.25) is 14.6 Å². The number of fused-ring (bicyclic) bond motifs is 1. The van der Waals surface area contributed by atoms with Gasteiger partial charge in [0.25, 0.3) is 5.91 Å². The van der Waals surface area contributed by atoms with E-state index in [2.05, 4.69) is 22.1 Å². The van der Waals surface area contributed by atoms with Gasteiger partial charge in [0, 0.05) is 25.1 Å². The molecule has 198 valence electrons. The van der Waals surface area contributed by atoms with Crippen molar-refractivity contribution in [3.63, 3.8) is 0 Å². The predicted octanol–water partition coefficient (Wildman–Crippen LogP) is 3.62. The van der Waals surface area contributed by atoms with Gasteiger partial charge in [0.05, 0.1) is 34.8 Å². The number of benzene rings is 2. The number of carbonyl (C=O) groups is 2.